The lowest BCUT2D eigenvalue weighted by Crippen LogP contribution is -2.06. The molecule has 0 aliphatic carbocycles. The number of rotatable bonds is 36. The van der Waals surface area contributed by atoms with Gasteiger partial charge in [0.1, 0.15) is 0 Å². The molecular weight excluding hydrogens is 757 g/mol. The van der Waals surface area contributed by atoms with Gasteiger partial charge in [0.2, 0.25) is 0 Å². The van der Waals surface area contributed by atoms with E-state index in [0.717, 1.165) is 148 Å². The second-order valence-electron chi connectivity index (χ2n) is 15.7. The van der Waals surface area contributed by atoms with Crippen LogP contribution in [0.5, 0.6) is 34.5 Å². The smallest absolute Gasteiger partial charge is 0.161 e. The number of nitrogens with two attached hydrogens (primary N) is 6. The molecule has 60 heavy (non-hydrogen) atoms. The van der Waals surface area contributed by atoms with Crippen molar-refractivity contribution in [3.05, 3.63) is 36.4 Å². The molecule has 4 aromatic rings. The third-order valence-corrected chi connectivity index (χ3v) is 10.8. The normalized spacial score (nSPS) is 11.5. The first-order valence-electron chi connectivity index (χ1n) is 23.1. The molecule has 0 spiro atoms. The van der Waals surface area contributed by atoms with Crippen molar-refractivity contribution in [2.75, 3.05) is 78.9 Å². The molecule has 0 unspecified atom stereocenters. The highest BCUT2D eigenvalue weighted by Crippen LogP contribution is 2.47. The van der Waals surface area contributed by atoms with Crippen molar-refractivity contribution < 1.29 is 28.4 Å². The van der Waals surface area contributed by atoms with Crippen LogP contribution in [0.25, 0.3) is 32.3 Å². The number of hydrogen-bond donors (Lipinski definition) is 6. The average molecular weight is 835 g/mol. The molecule has 4 rings (SSSR count). The number of ether oxygens (including phenoxy) is 6. The molecule has 12 heteroatoms. The number of hydrogen-bond acceptors (Lipinski definition) is 12. The second-order valence-corrected chi connectivity index (χ2v) is 15.7. The van der Waals surface area contributed by atoms with Crippen molar-refractivity contribution in [1.29, 1.82) is 0 Å². The maximum atomic E-state index is 6.55. The van der Waals surface area contributed by atoms with Crippen LogP contribution in [-0.4, -0.2) is 78.9 Å². The summed E-state index contributed by atoms with van der Waals surface area (Å²) in [5, 5.41) is 6.15. The first-order valence-corrected chi connectivity index (χ1v) is 23.1. The largest absolute Gasteiger partial charge is 0.490 e. The van der Waals surface area contributed by atoms with Gasteiger partial charge in [-0.25, -0.2) is 0 Å². The molecule has 0 aliphatic rings. The maximum absolute atomic E-state index is 6.55. The highest BCUT2D eigenvalue weighted by molar-refractivity contribution is 6.26. The zero-order chi connectivity index (χ0) is 42.6. The summed E-state index contributed by atoms with van der Waals surface area (Å²) in [5.41, 5.74) is 34.8. The van der Waals surface area contributed by atoms with Crippen molar-refractivity contribution in [3.63, 3.8) is 0 Å². The van der Waals surface area contributed by atoms with E-state index in [4.69, 9.17) is 62.8 Å². The molecule has 0 bridgehead atoms. The summed E-state index contributed by atoms with van der Waals surface area (Å²) in [5.74, 6) is 4.29. The summed E-state index contributed by atoms with van der Waals surface area (Å²) >= 11 is 0. The van der Waals surface area contributed by atoms with Crippen LogP contribution >= 0.6 is 0 Å². The number of unbranched alkanes of at least 4 members (excludes halogenated alkanes) is 12. The Bertz CT molecular complexity index is 1430. The molecule has 12 nitrogen and oxygen atoms in total. The highest BCUT2D eigenvalue weighted by atomic mass is 16.5. The van der Waals surface area contributed by atoms with Gasteiger partial charge in [0.25, 0.3) is 0 Å². The molecule has 0 heterocycles. The van der Waals surface area contributed by atoms with Crippen LogP contribution in [0.2, 0.25) is 0 Å². The number of fused-ring (bicyclic) bond motifs is 6. The summed E-state index contributed by atoms with van der Waals surface area (Å²) in [6.07, 6.45) is 17.2. The van der Waals surface area contributed by atoms with E-state index in [1.807, 2.05) is 0 Å². The Balaban J connectivity index is 1.95. The van der Waals surface area contributed by atoms with Crippen molar-refractivity contribution in [2.45, 2.75) is 116 Å². The van der Waals surface area contributed by atoms with Gasteiger partial charge >= 0.3 is 0 Å². The summed E-state index contributed by atoms with van der Waals surface area (Å²) in [4.78, 5) is 0. The van der Waals surface area contributed by atoms with E-state index >= 15 is 0 Å². The van der Waals surface area contributed by atoms with Crippen LogP contribution in [0.4, 0.5) is 0 Å². The van der Waals surface area contributed by atoms with E-state index in [2.05, 4.69) is 36.4 Å². The first-order chi connectivity index (χ1) is 29.6. The topological polar surface area (TPSA) is 212 Å². The standard InChI is InChI=1S/C48H78N6O6/c49-19-7-1-13-25-55-43-31-37-38(32-44(43)56-26-14-2-8-20-50)40-34-46(58-28-16-4-10-22-52)48(60-30-18-6-12-24-54)36-42(40)41-35-47(59-29-17-5-11-23-53)45(33-39(37)41)57-27-15-3-9-21-51/h31-36H,1-30,49-54H2. The van der Waals surface area contributed by atoms with Gasteiger partial charge in [-0.3, -0.25) is 0 Å². The molecule has 4 aromatic carbocycles. The van der Waals surface area contributed by atoms with Gasteiger partial charge < -0.3 is 62.8 Å². The molecule has 0 radical (unpaired) electrons. The van der Waals surface area contributed by atoms with E-state index < -0.39 is 0 Å². The third kappa shape index (κ3) is 15.9. The predicted molar refractivity (Wildman–Crippen MR) is 249 cm³/mol. The van der Waals surface area contributed by atoms with Crippen LogP contribution in [0.15, 0.2) is 36.4 Å². The summed E-state index contributed by atoms with van der Waals surface area (Å²) < 4.78 is 39.3. The van der Waals surface area contributed by atoms with Gasteiger partial charge in [0, 0.05) is 0 Å². The van der Waals surface area contributed by atoms with Crippen molar-refractivity contribution in [3.8, 4) is 34.5 Å². The molecule has 336 valence electrons. The van der Waals surface area contributed by atoms with E-state index in [1.165, 1.54) is 0 Å². The van der Waals surface area contributed by atoms with Crippen molar-refractivity contribution >= 4 is 32.3 Å². The van der Waals surface area contributed by atoms with Gasteiger partial charge in [-0.05, 0) is 224 Å². The van der Waals surface area contributed by atoms with E-state index in [0.29, 0.717) is 113 Å². The lowest BCUT2D eigenvalue weighted by Gasteiger charge is -2.21. The number of benzene rings is 4. The maximum Gasteiger partial charge on any atom is 0.161 e. The van der Waals surface area contributed by atoms with Gasteiger partial charge in [-0.2, -0.15) is 0 Å². The van der Waals surface area contributed by atoms with Crippen LogP contribution in [0.3, 0.4) is 0 Å². The Kier molecular flexibility index (Phi) is 24.0. The molecule has 0 amide bonds. The fourth-order valence-electron chi connectivity index (χ4n) is 7.33. The fraction of sp³-hybridized carbons (Fsp3) is 0.625. The minimum absolute atomic E-state index is 0.563. The van der Waals surface area contributed by atoms with Gasteiger partial charge in [-0.1, -0.05) is 0 Å². The Morgan fingerprint density at radius 2 is 0.367 bits per heavy atom. The second kappa shape index (κ2) is 29.5. The monoisotopic (exact) mass is 835 g/mol. The zero-order valence-electron chi connectivity index (χ0n) is 36.6. The van der Waals surface area contributed by atoms with Crippen LogP contribution < -0.4 is 62.8 Å². The molecule has 12 N–H and O–H groups in total. The Hall–Kier alpha value is -3.78. The molecule has 0 aromatic heterocycles. The minimum atomic E-state index is 0.563. The van der Waals surface area contributed by atoms with Crippen LogP contribution in [0.1, 0.15) is 116 Å². The Morgan fingerprint density at radius 1 is 0.217 bits per heavy atom. The first kappa shape index (κ1) is 48.9. The lowest BCUT2D eigenvalue weighted by molar-refractivity contribution is 0.259. The highest BCUT2D eigenvalue weighted by Gasteiger charge is 2.21. The van der Waals surface area contributed by atoms with E-state index in [9.17, 15) is 0 Å². The lowest BCUT2D eigenvalue weighted by atomic mass is 9.93. The third-order valence-electron chi connectivity index (χ3n) is 10.8. The predicted octanol–water partition coefficient (Wildman–Crippen LogP) is 8.19. The summed E-state index contributed by atoms with van der Waals surface area (Å²) in [7, 11) is 0. The summed E-state index contributed by atoms with van der Waals surface area (Å²) in [6.45, 7) is 7.40. The van der Waals surface area contributed by atoms with Gasteiger partial charge in [0.15, 0.2) is 34.5 Å². The molecule has 0 saturated heterocycles. The molecule has 0 atom stereocenters. The molecular formula is C48H78N6O6. The Morgan fingerprint density at radius 3 is 0.500 bits per heavy atom. The van der Waals surface area contributed by atoms with Crippen LogP contribution in [-0.2, 0) is 0 Å². The van der Waals surface area contributed by atoms with Crippen LogP contribution in [0, 0.1) is 0 Å². The minimum Gasteiger partial charge on any atom is -0.490 e. The quantitative estimate of drug-likeness (QED) is 0.0189. The molecule has 0 aliphatic heterocycles. The van der Waals surface area contributed by atoms with Crippen molar-refractivity contribution in [2.24, 2.45) is 34.4 Å². The van der Waals surface area contributed by atoms with Gasteiger partial charge in [0.05, 0.1) is 39.6 Å². The summed E-state index contributed by atoms with van der Waals surface area (Å²) in [6, 6.07) is 12.9. The van der Waals surface area contributed by atoms with E-state index in [-0.39, 0.29) is 0 Å². The Labute approximate surface area is 359 Å². The average Bonchev–Trinajstić information content (AvgIpc) is 3.26. The molecule has 0 fully saturated rings. The zero-order valence-corrected chi connectivity index (χ0v) is 36.6. The molecule has 0 saturated carbocycles. The fourth-order valence-corrected chi connectivity index (χ4v) is 7.33. The van der Waals surface area contributed by atoms with E-state index in [1.54, 1.807) is 0 Å². The van der Waals surface area contributed by atoms with Gasteiger partial charge in [-0.15, -0.1) is 0 Å². The SMILES string of the molecule is NCCCCCOc1cc2c3cc(OCCCCCN)c(OCCCCCN)cc3c3cc(OCCCCCN)c(OCCCCCN)cc3c2cc1OCCCCCN. The van der Waals surface area contributed by atoms with Crippen molar-refractivity contribution in [1.82, 2.24) is 0 Å².